The standard InChI is InChI=1S/C29H30BrNO4S/c1-6-29(21-12-10-9-11-13-21)27-24(31(7-2)18(4)19(5)36-29)23(26(35-27)28(33)34-8-3)25(32)20-14-16-22(30)17-15-20/h9-17H,6-8H2,1-5H3. The maximum Gasteiger partial charge on any atom is 0.375 e. The van der Waals surface area contributed by atoms with E-state index < -0.39 is 10.7 Å². The molecule has 0 aliphatic carbocycles. The van der Waals surface area contributed by atoms with Crippen molar-refractivity contribution in [1.29, 1.82) is 0 Å². The van der Waals surface area contributed by atoms with Crippen LogP contribution < -0.4 is 4.90 Å². The van der Waals surface area contributed by atoms with Gasteiger partial charge in [-0.3, -0.25) is 4.79 Å². The summed E-state index contributed by atoms with van der Waals surface area (Å²) >= 11 is 5.15. The number of carbonyl (C=O) groups excluding carboxylic acids is 2. The number of allylic oxidation sites excluding steroid dienone is 2. The Kier molecular flexibility index (Phi) is 7.81. The molecule has 0 fully saturated rings. The normalized spacial score (nSPS) is 17.6. The number of fused-ring (bicyclic) bond motifs is 1. The first-order valence-corrected chi connectivity index (χ1v) is 13.7. The van der Waals surface area contributed by atoms with Gasteiger partial charge in [-0.15, -0.1) is 11.8 Å². The number of nitrogens with zero attached hydrogens (tertiary/aromatic N) is 1. The van der Waals surface area contributed by atoms with Crippen LogP contribution in [0.5, 0.6) is 0 Å². The van der Waals surface area contributed by atoms with Crippen LogP contribution in [0.4, 0.5) is 5.69 Å². The maximum absolute atomic E-state index is 14.1. The van der Waals surface area contributed by atoms with E-state index in [1.54, 1.807) is 30.8 Å². The van der Waals surface area contributed by atoms with E-state index in [4.69, 9.17) is 9.15 Å². The van der Waals surface area contributed by atoms with Crippen LogP contribution in [0.2, 0.25) is 0 Å². The average molecular weight is 569 g/mol. The Hall–Kier alpha value is -2.77. The van der Waals surface area contributed by atoms with Gasteiger partial charge in [0.1, 0.15) is 16.1 Å². The molecule has 188 valence electrons. The summed E-state index contributed by atoms with van der Waals surface area (Å²) in [5.41, 5.74) is 3.43. The van der Waals surface area contributed by atoms with E-state index in [9.17, 15) is 9.59 Å². The molecule has 0 spiro atoms. The van der Waals surface area contributed by atoms with Crippen LogP contribution in [0.15, 0.2) is 74.1 Å². The summed E-state index contributed by atoms with van der Waals surface area (Å²) in [6, 6.07) is 17.3. The molecule has 2 heterocycles. The molecule has 36 heavy (non-hydrogen) atoms. The minimum atomic E-state index is -0.636. The molecule has 0 bridgehead atoms. The molecule has 1 aliphatic heterocycles. The summed E-state index contributed by atoms with van der Waals surface area (Å²) in [5, 5.41) is 0. The zero-order valence-corrected chi connectivity index (χ0v) is 23.6. The summed E-state index contributed by atoms with van der Waals surface area (Å²) in [6.07, 6.45) is 0.693. The highest BCUT2D eigenvalue weighted by Gasteiger charge is 2.47. The van der Waals surface area contributed by atoms with Crippen molar-refractivity contribution in [3.63, 3.8) is 0 Å². The van der Waals surface area contributed by atoms with Crippen molar-refractivity contribution in [2.45, 2.75) is 45.8 Å². The Morgan fingerprint density at radius 1 is 1.03 bits per heavy atom. The monoisotopic (exact) mass is 567 g/mol. The van der Waals surface area contributed by atoms with Gasteiger partial charge in [0, 0.05) is 27.2 Å². The number of esters is 1. The van der Waals surface area contributed by atoms with Crippen LogP contribution in [0, 0.1) is 0 Å². The van der Waals surface area contributed by atoms with Crippen LogP contribution in [0.25, 0.3) is 0 Å². The molecule has 1 unspecified atom stereocenters. The van der Waals surface area contributed by atoms with Gasteiger partial charge in [-0.1, -0.05) is 53.2 Å². The first-order valence-electron chi connectivity index (χ1n) is 12.1. The third kappa shape index (κ3) is 4.43. The van der Waals surface area contributed by atoms with Crippen molar-refractivity contribution in [2.24, 2.45) is 0 Å². The second kappa shape index (κ2) is 10.7. The SMILES string of the molecule is CCOC(=O)c1oc2c(c1C(=O)c1ccc(Br)cc1)N(CC)C(C)=C(C)SC2(CC)c1ccccc1. The van der Waals surface area contributed by atoms with Gasteiger partial charge in [0.15, 0.2) is 5.78 Å². The minimum Gasteiger partial charge on any atom is -0.460 e. The van der Waals surface area contributed by atoms with Gasteiger partial charge in [-0.25, -0.2) is 4.79 Å². The van der Waals surface area contributed by atoms with Gasteiger partial charge in [-0.05, 0) is 63.9 Å². The van der Waals surface area contributed by atoms with Gasteiger partial charge in [0.25, 0.3) is 0 Å². The molecule has 5 nitrogen and oxygen atoms in total. The van der Waals surface area contributed by atoms with E-state index in [0.29, 0.717) is 30.0 Å². The lowest BCUT2D eigenvalue weighted by Gasteiger charge is -2.31. The van der Waals surface area contributed by atoms with E-state index in [2.05, 4.69) is 53.7 Å². The lowest BCUT2D eigenvalue weighted by atomic mass is 9.90. The topological polar surface area (TPSA) is 59.8 Å². The summed E-state index contributed by atoms with van der Waals surface area (Å²) in [7, 11) is 0. The number of ketones is 1. The fraction of sp³-hybridized carbons (Fsp3) is 0.310. The highest BCUT2D eigenvalue weighted by molar-refractivity contribution is 9.10. The molecule has 1 atom stereocenters. The van der Waals surface area contributed by atoms with Gasteiger partial charge in [0.2, 0.25) is 5.76 Å². The Morgan fingerprint density at radius 3 is 2.28 bits per heavy atom. The number of thioether (sulfide) groups is 1. The van der Waals surface area contributed by atoms with Crippen LogP contribution >= 0.6 is 27.7 Å². The minimum absolute atomic E-state index is 0.0464. The molecular weight excluding hydrogens is 538 g/mol. The molecule has 4 rings (SSSR count). The molecule has 2 aromatic carbocycles. The predicted molar refractivity (Wildman–Crippen MR) is 149 cm³/mol. The molecular formula is C29H30BrNO4S. The summed E-state index contributed by atoms with van der Waals surface area (Å²) in [5.74, 6) is -0.356. The fourth-order valence-electron chi connectivity index (χ4n) is 4.72. The Morgan fingerprint density at radius 2 is 1.69 bits per heavy atom. The van der Waals surface area contributed by atoms with Crippen molar-refractivity contribution in [1.82, 2.24) is 0 Å². The van der Waals surface area contributed by atoms with Gasteiger partial charge in [0.05, 0.1) is 12.3 Å². The number of halogens is 1. The van der Waals surface area contributed by atoms with E-state index in [1.165, 1.54) is 0 Å². The van der Waals surface area contributed by atoms with E-state index in [0.717, 1.165) is 20.6 Å². The van der Waals surface area contributed by atoms with Crippen molar-refractivity contribution >= 4 is 45.1 Å². The number of hydrogen-bond acceptors (Lipinski definition) is 6. The molecule has 0 saturated heterocycles. The fourth-order valence-corrected chi connectivity index (χ4v) is 6.39. The third-order valence-electron chi connectivity index (χ3n) is 6.61. The Labute approximate surface area is 225 Å². The van der Waals surface area contributed by atoms with Crippen molar-refractivity contribution in [3.05, 3.63) is 97.9 Å². The van der Waals surface area contributed by atoms with Crippen LogP contribution in [-0.4, -0.2) is 24.9 Å². The molecule has 1 aliphatic rings. The Balaban J connectivity index is 2.11. The summed E-state index contributed by atoms with van der Waals surface area (Å²) in [4.78, 5) is 30.5. The molecule has 3 aromatic rings. The number of furan rings is 1. The van der Waals surface area contributed by atoms with Gasteiger partial charge >= 0.3 is 5.97 Å². The number of anilines is 1. The van der Waals surface area contributed by atoms with E-state index >= 15 is 0 Å². The quantitative estimate of drug-likeness (QED) is 0.213. The van der Waals surface area contributed by atoms with Crippen molar-refractivity contribution in [3.8, 4) is 0 Å². The lowest BCUT2D eigenvalue weighted by molar-refractivity contribution is 0.0484. The average Bonchev–Trinajstić information content (AvgIpc) is 3.25. The third-order valence-corrected chi connectivity index (χ3v) is 8.80. The number of rotatable bonds is 7. The van der Waals surface area contributed by atoms with Crippen LogP contribution in [0.3, 0.4) is 0 Å². The number of ether oxygens (including phenoxy) is 1. The first-order chi connectivity index (χ1) is 17.3. The smallest absolute Gasteiger partial charge is 0.375 e. The Bertz CT molecular complexity index is 1310. The molecule has 0 amide bonds. The van der Waals surface area contributed by atoms with Gasteiger partial charge < -0.3 is 14.1 Å². The number of carbonyl (C=O) groups is 2. The van der Waals surface area contributed by atoms with Gasteiger partial charge in [-0.2, -0.15) is 0 Å². The van der Waals surface area contributed by atoms with Crippen LogP contribution in [0.1, 0.15) is 78.8 Å². The maximum atomic E-state index is 14.1. The highest BCUT2D eigenvalue weighted by Crippen LogP contribution is 2.57. The summed E-state index contributed by atoms with van der Waals surface area (Å²) < 4.78 is 12.1. The number of benzene rings is 2. The zero-order valence-electron chi connectivity index (χ0n) is 21.2. The van der Waals surface area contributed by atoms with E-state index in [1.807, 2.05) is 37.3 Å². The second-order valence-electron chi connectivity index (χ2n) is 8.57. The van der Waals surface area contributed by atoms with Crippen molar-refractivity contribution < 1.29 is 18.7 Å². The first kappa shape index (κ1) is 26.3. The summed E-state index contributed by atoms with van der Waals surface area (Å²) in [6.45, 7) is 10.8. The molecule has 7 heteroatoms. The van der Waals surface area contributed by atoms with Crippen molar-refractivity contribution in [2.75, 3.05) is 18.1 Å². The molecule has 0 saturated carbocycles. The second-order valence-corrected chi connectivity index (χ2v) is 11.0. The predicted octanol–water partition coefficient (Wildman–Crippen LogP) is 7.93. The molecule has 0 N–H and O–H groups in total. The van der Waals surface area contributed by atoms with Crippen LogP contribution in [-0.2, 0) is 9.48 Å². The number of hydrogen-bond donors (Lipinski definition) is 0. The lowest BCUT2D eigenvalue weighted by Crippen LogP contribution is -2.26. The van der Waals surface area contributed by atoms with E-state index in [-0.39, 0.29) is 23.7 Å². The highest BCUT2D eigenvalue weighted by atomic mass is 79.9. The largest absolute Gasteiger partial charge is 0.460 e. The molecule has 1 aromatic heterocycles. The zero-order chi connectivity index (χ0) is 26.0. The molecule has 0 radical (unpaired) electrons.